The van der Waals surface area contributed by atoms with Gasteiger partial charge in [0, 0.05) is 30.5 Å². The molecule has 84 valence electrons. The fourth-order valence-electron chi connectivity index (χ4n) is 2.29. The summed E-state index contributed by atoms with van der Waals surface area (Å²) >= 11 is 1.52. The first-order valence-corrected chi connectivity index (χ1v) is 6.50. The standard InChI is InChI=1S/C11H13N3OS/c15-10-7-9(8-13-3-1-2-4-13)12-11-14(10)5-6-16-11/h5-7H,1-4,8H2/p+1. The first-order chi connectivity index (χ1) is 7.83. The Bertz CT molecular complexity index is 554. The average Bonchev–Trinajstić information content (AvgIpc) is 2.87. The molecule has 0 radical (unpaired) electrons. The summed E-state index contributed by atoms with van der Waals surface area (Å²) in [7, 11) is 0. The van der Waals surface area contributed by atoms with Gasteiger partial charge in [0.05, 0.1) is 13.1 Å². The Kier molecular flexibility index (Phi) is 2.49. The molecule has 1 aliphatic heterocycles. The fraction of sp³-hybridized carbons (Fsp3) is 0.455. The molecule has 0 aromatic carbocycles. The minimum Gasteiger partial charge on any atom is -0.330 e. The van der Waals surface area contributed by atoms with Gasteiger partial charge < -0.3 is 4.90 Å². The van der Waals surface area contributed by atoms with E-state index in [0.717, 1.165) is 17.2 Å². The van der Waals surface area contributed by atoms with Gasteiger partial charge in [-0.15, -0.1) is 11.3 Å². The minimum absolute atomic E-state index is 0.0415. The molecule has 1 N–H and O–H groups in total. The van der Waals surface area contributed by atoms with Crippen molar-refractivity contribution in [1.29, 1.82) is 0 Å². The van der Waals surface area contributed by atoms with Crippen molar-refractivity contribution >= 4 is 16.3 Å². The molecule has 4 nitrogen and oxygen atoms in total. The predicted octanol–water partition coefficient (Wildman–Crippen LogP) is -0.0653. The quantitative estimate of drug-likeness (QED) is 0.793. The van der Waals surface area contributed by atoms with Crippen LogP contribution in [0.1, 0.15) is 18.5 Å². The molecular formula is C11H14N3OS+. The van der Waals surface area contributed by atoms with E-state index in [2.05, 4.69) is 4.98 Å². The van der Waals surface area contributed by atoms with E-state index >= 15 is 0 Å². The van der Waals surface area contributed by atoms with Crippen molar-refractivity contribution in [3.63, 3.8) is 0 Å². The SMILES string of the molecule is O=c1cc(C[NH+]2CCCC2)nc2sccn12. The van der Waals surface area contributed by atoms with Crippen LogP contribution in [0.15, 0.2) is 22.4 Å². The van der Waals surface area contributed by atoms with Gasteiger partial charge in [0.15, 0.2) is 4.96 Å². The Hall–Kier alpha value is -1.20. The van der Waals surface area contributed by atoms with Gasteiger partial charge in [0.25, 0.3) is 5.56 Å². The molecule has 0 aliphatic carbocycles. The van der Waals surface area contributed by atoms with Crippen molar-refractivity contribution in [2.24, 2.45) is 0 Å². The summed E-state index contributed by atoms with van der Waals surface area (Å²) < 4.78 is 1.60. The second-order valence-corrected chi connectivity index (χ2v) is 5.15. The van der Waals surface area contributed by atoms with E-state index in [1.165, 1.54) is 37.3 Å². The number of nitrogens with one attached hydrogen (secondary N) is 1. The minimum atomic E-state index is 0.0415. The molecule has 3 rings (SSSR count). The van der Waals surface area contributed by atoms with Crippen molar-refractivity contribution in [3.05, 3.63) is 33.7 Å². The van der Waals surface area contributed by atoms with Crippen LogP contribution in [0.25, 0.3) is 4.96 Å². The van der Waals surface area contributed by atoms with Gasteiger partial charge in [0.2, 0.25) is 0 Å². The number of thiazole rings is 1. The van der Waals surface area contributed by atoms with Crippen molar-refractivity contribution in [3.8, 4) is 0 Å². The van der Waals surface area contributed by atoms with Crippen LogP contribution in [0.4, 0.5) is 0 Å². The first kappa shape index (κ1) is 9.99. The van der Waals surface area contributed by atoms with Crippen LogP contribution in [-0.2, 0) is 6.54 Å². The second-order valence-electron chi connectivity index (χ2n) is 4.28. The van der Waals surface area contributed by atoms with Crippen LogP contribution < -0.4 is 10.5 Å². The highest BCUT2D eigenvalue weighted by atomic mass is 32.1. The van der Waals surface area contributed by atoms with Crippen LogP contribution >= 0.6 is 11.3 Å². The number of likely N-dealkylation sites (tertiary alicyclic amines) is 1. The topological polar surface area (TPSA) is 38.8 Å². The maximum Gasteiger partial charge on any atom is 0.258 e. The van der Waals surface area contributed by atoms with E-state index in [9.17, 15) is 4.79 Å². The summed E-state index contributed by atoms with van der Waals surface area (Å²) in [6.45, 7) is 3.32. The number of hydrogen-bond acceptors (Lipinski definition) is 3. The molecule has 2 aromatic rings. The highest BCUT2D eigenvalue weighted by molar-refractivity contribution is 7.15. The van der Waals surface area contributed by atoms with E-state index in [4.69, 9.17) is 0 Å². The summed E-state index contributed by atoms with van der Waals surface area (Å²) in [5, 5.41) is 1.90. The van der Waals surface area contributed by atoms with Gasteiger partial charge in [0.1, 0.15) is 12.2 Å². The first-order valence-electron chi connectivity index (χ1n) is 5.62. The van der Waals surface area contributed by atoms with Gasteiger partial charge >= 0.3 is 0 Å². The zero-order valence-electron chi connectivity index (χ0n) is 8.98. The number of hydrogen-bond donors (Lipinski definition) is 1. The van der Waals surface area contributed by atoms with Crippen LogP contribution in [-0.4, -0.2) is 22.5 Å². The van der Waals surface area contributed by atoms with Gasteiger partial charge in [-0.25, -0.2) is 4.98 Å². The van der Waals surface area contributed by atoms with E-state index in [0.29, 0.717) is 0 Å². The summed E-state index contributed by atoms with van der Waals surface area (Å²) in [5.74, 6) is 0. The molecule has 1 saturated heterocycles. The molecule has 16 heavy (non-hydrogen) atoms. The fourth-order valence-corrected chi connectivity index (χ4v) is 3.02. The lowest BCUT2D eigenvalue weighted by Gasteiger charge is -2.10. The van der Waals surface area contributed by atoms with E-state index in [-0.39, 0.29) is 5.56 Å². The van der Waals surface area contributed by atoms with Gasteiger partial charge in [-0.1, -0.05) is 0 Å². The molecule has 5 heteroatoms. The molecule has 0 atom stereocenters. The lowest BCUT2D eigenvalue weighted by molar-refractivity contribution is -0.901. The normalized spacial score (nSPS) is 17.2. The largest absolute Gasteiger partial charge is 0.330 e. The number of rotatable bonds is 2. The van der Waals surface area contributed by atoms with Crippen LogP contribution in [0.5, 0.6) is 0 Å². The maximum absolute atomic E-state index is 11.8. The number of quaternary nitrogens is 1. The van der Waals surface area contributed by atoms with E-state index in [1.807, 2.05) is 5.38 Å². The Balaban J connectivity index is 1.94. The number of fused-ring (bicyclic) bond motifs is 1. The monoisotopic (exact) mass is 236 g/mol. The van der Waals surface area contributed by atoms with Crippen molar-refractivity contribution in [2.75, 3.05) is 13.1 Å². The summed E-state index contributed by atoms with van der Waals surface area (Å²) in [5.41, 5.74) is 0.976. The van der Waals surface area contributed by atoms with Crippen molar-refractivity contribution in [1.82, 2.24) is 9.38 Å². The third-order valence-electron chi connectivity index (χ3n) is 3.10. The lowest BCUT2D eigenvalue weighted by Crippen LogP contribution is -3.08. The average molecular weight is 236 g/mol. The van der Waals surface area contributed by atoms with Crippen molar-refractivity contribution < 1.29 is 4.90 Å². The number of aromatic nitrogens is 2. The molecular weight excluding hydrogens is 222 g/mol. The second kappa shape index (κ2) is 3.99. The molecule has 2 aromatic heterocycles. The molecule has 0 unspecified atom stereocenters. The van der Waals surface area contributed by atoms with Crippen LogP contribution in [0, 0.1) is 0 Å². The Morgan fingerprint density at radius 1 is 1.44 bits per heavy atom. The molecule has 0 spiro atoms. The predicted molar refractivity (Wildman–Crippen MR) is 63.0 cm³/mol. The molecule has 1 fully saturated rings. The van der Waals surface area contributed by atoms with Crippen molar-refractivity contribution in [2.45, 2.75) is 19.4 Å². The Labute approximate surface area is 97.2 Å². The van der Waals surface area contributed by atoms with E-state index in [1.54, 1.807) is 21.6 Å². The molecule has 0 bridgehead atoms. The summed E-state index contributed by atoms with van der Waals surface area (Å²) in [6.07, 6.45) is 4.38. The third kappa shape index (κ3) is 1.76. The Morgan fingerprint density at radius 2 is 2.25 bits per heavy atom. The van der Waals surface area contributed by atoms with Gasteiger partial charge in [-0.3, -0.25) is 9.20 Å². The smallest absolute Gasteiger partial charge is 0.258 e. The van der Waals surface area contributed by atoms with Crippen LogP contribution in [0.3, 0.4) is 0 Å². The highest BCUT2D eigenvalue weighted by Gasteiger charge is 2.17. The zero-order valence-corrected chi connectivity index (χ0v) is 9.80. The summed E-state index contributed by atoms with van der Waals surface area (Å²) in [6, 6.07) is 1.67. The number of nitrogens with zero attached hydrogens (tertiary/aromatic N) is 2. The zero-order chi connectivity index (χ0) is 11.0. The Morgan fingerprint density at radius 3 is 3.06 bits per heavy atom. The molecule has 0 saturated carbocycles. The highest BCUT2D eigenvalue weighted by Crippen LogP contribution is 2.06. The summed E-state index contributed by atoms with van der Waals surface area (Å²) in [4.78, 5) is 18.6. The van der Waals surface area contributed by atoms with Gasteiger partial charge in [-0.2, -0.15) is 0 Å². The maximum atomic E-state index is 11.8. The molecule has 3 heterocycles. The van der Waals surface area contributed by atoms with Gasteiger partial charge in [-0.05, 0) is 0 Å². The molecule has 1 aliphatic rings. The molecule has 0 amide bonds. The van der Waals surface area contributed by atoms with E-state index < -0.39 is 0 Å². The third-order valence-corrected chi connectivity index (χ3v) is 3.85. The van der Waals surface area contributed by atoms with Crippen LogP contribution in [0.2, 0.25) is 0 Å². The lowest BCUT2D eigenvalue weighted by atomic mass is 10.4.